The smallest absolute Gasteiger partial charge is 0.261 e. The summed E-state index contributed by atoms with van der Waals surface area (Å²) < 4.78 is 11.5. The van der Waals surface area contributed by atoms with Crippen LogP contribution in [0.15, 0.2) is 59.4 Å². The van der Waals surface area contributed by atoms with Gasteiger partial charge in [-0.3, -0.25) is 19.9 Å². The Bertz CT molecular complexity index is 1260. The Morgan fingerprint density at radius 1 is 1.00 bits per heavy atom. The first-order valence-corrected chi connectivity index (χ1v) is 10.3. The van der Waals surface area contributed by atoms with Gasteiger partial charge in [-0.2, -0.15) is 0 Å². The molecular weight excluding hydrogens is 394 g/mol. The first kappa shape index (κ1) is 17.9. The van der Waals surface area contributed by atoms with Gasteiger partial charge in [0.05, 0.1) is 22.5 Å². The number of nitrogens with one attached hydrogen (secondary N) is 1. The number of fused-ring (bicyclic) bond motifs is 1. The Kier molecular flexibility index (Phi) is 3.80. The second-order valence-electron chi connectivity index (χ2n) is 7.91. The summed E-state index contributed by atoms with van der Waals surface area (Å²) in [5, 5.41) is 2.45. The maximum absolute atomic E-state index is 13.0. The van der Waals surface area contributed by atoms with Crippen LogP contribution in [-0.2, 0) is 16.0 Å². The summed E-state index contributed by atoms with van der Waals surface area (Å²) in [7, 11) is 0. The minimum Gasteiger partial charge on any atom is -0.486 e. The Morgan fingerprint density at radius 2 is 1.77 bits per heavy atom. The number of anilines is 1. The summed E-state index contributed by atoms with van der Waals surface area (Å²) in [5.74, 6) is 0.116. The van der Waals surface area contributed by atoms with Gasteiger partial charge in [0.1, 0.15) is 13.2 Å². The summed E-state index contributed by atoms with van der Waals surface area (Å²) in [5.41, 5.74) is 4.61. The van der Waals surface area contributed by atoms with Crippen LogP contribution in [0.3, 0.4) is 0 Å². The van der Waals surface area contributed by atoms with Gasteiger partial charge in [-0.25, -0.2) is 0 Å². The van der Waals surface area contributed by atoms with E-state index in [0.717, 1.165) is 17.7 Å². The highest BCUT2D eigenvalue weighted by Crippen LogP contribution is 2.43. The molecule has 0 aliphatic carbocycles. The molecule has 0 radical (unpaired) electrons. The van der Waals surface area contributed by atoms with Crippen molar-refractivity contribution in [1.29, 1.82) is 0 Å². The van der Waals surface area contributed by atoms with Crippen LogP contribution >= 0.6 is 0 Å². The molecule has 0 spiro atoms. The quantitative estimate of drug-likeness (QED) is 0.766. The van der Waals surface area contributed by atoms with Gasteiger partial charge in [-0.15, -0.1) is 0 Å². The number of para-hydroxylation sites is 2. The Morgan fingerprint density at radius 3 is 2.68 bits per heavy atom. The number of ether oxygens (including phenoxy) is 2. The van der Waals surface area contributed by atoms with E-state index in [1.54, 1.807) is 24.4 Å². The lowest BCUT2D eigenvalue weighted by Gasteiger charge is -2.22. The molecule has 7 nitrogen and oxygen atoms in total. The minimum absolute atomic E-state index is 0.257. The van der Waals surface area contributed by atoms with Crippen LogP contribution in [0.25, 0.3) is 5.57 Å². The third-order valence-electron chi connectivity index (χ3n) is 6.06. The average Bonchev–Trinajstić information content (AvgIpc) is 3.16. The standard InChI is InChI=1S/C24H19N3O4/c1-13-12-14-4-2-6-16-20(25-8-9-27(13)21(14)16)19-18(23(28)26-24(19)29)15-5-3-7-17-22(15)31-11-10-30-17/h2-9,13H,10-12H2,1H3,(H,26,28,29). The number of nitrogens with zero attached hydrogens (tertiary/aromatic N) is 2. The van der Waals surface area contributed by atoms with E-state index in [9.17, 15) is 9.59 Å². The van der Waals surface area contributed by atoms with Crippen LogP contribution in [0.4, 0.5) is 5.69 Å². The second kappa shape index (κ2) is 6.57. The highest BCUT2D eigenvalue weighted by molar-refractivity contribution is 6.48. The summed E-state index contributed by atoms with van der Waals surface area (Å²) in [4.78, 5) is 32.8. The lowest BCUT2D eigenvalue weighted by atomic mass is 9.92. The first-order valence-electron chi connectivity index (χ1n) is 10.3. The van der Waals surface area contributed by atoms with Crippen molar-refractivity contribution in [2.24, 2.45) is 4.99 Å². The van der Waals surface area contributed by atoms with Crippen LogP contribution in [0, 0.1) is 0 Å². The number of amides is 2. The normalized spacial score (nSPS) is 21.1. The SMILES string of the molecule is CC1Cc2cccc3c2N1C=CN=C3C1=C(c2cccc3c2OCCO3)C(=O)NC1=O. The molecular formula is C24H19N3O4. The molecule has 2 aromatic carbocycles. The van der Waals surface area contributed by atoms with Crippen molar-refractivity contribution in [2.75, 3.05) is 18.1 Å². The third-order valence-corrected chi connectivity index (χ3v) is 6.06. The van der Waals surface area contributed by atoms with Gasteiger partial charge in [0.2, 0.25) is 0 Å². The number of rotatable bonds is 2. The Balaban J connectivity index is 1.60. The van der Waals surface area contributed by atoms with Crippen molar-refractivity contribution in [2.45, 2.75) is 19.4 Å². The number of carbonyl (C=O) groups is 2. The predicted molar refractivity (Wildman–Crippen MR) is 115 cm³/mol. The number of aliphatic imine (C=N–C) groups is 1. The van der Waals surface area contributed by atoms with Crippen molar-refractivity contribution >= 4 is 28.8 Å². The monoisotopic (exact) mass is 413 g/mol. The van der Waals surface area contributed by atoms with Gasteiger partial charge in [0.25, 0.3) is 11.8 Å². The van der Waals surface area contributed by atoms with Crippen LogP contribution in [0.2, 0.25) is 0 Å². The van der Waals surface area contributed by atoms with Crippen molar-refractivity contribution in [3.63, 3.8) is 0 Å². The average molecular weight is 413 g/mol. The van der Waals surface area contributed by atoms with Gasteiger partial charge >= 0.3 is 0 Å². The van der Waals surface area contributed by atoms with Crippen molar-refractivity contribution in [1.82, 2.24) is 5.32 Å². The molecule has 2 aromatic rings. The molecule has 1 N–H and O–H groups in total. The molecule has 1 atom stereocenters. The van der Waals surface area contributed by atoms with E-state index in [2.05, 4.69) is 28.2 Å². The molecule has 0 saturated heterocycles. The zero-order valence-corrected chi connectivity index (χ0v) is 16.8. The van der Waals surface area contributed by atoms with Crippen LogP contribution in [0.1, 0.15) is 23.6 Å². The molecule has 7 heteroatoms. The molecule has 31 heavy (non-hydrogen) atoms. The molecule has 4 aliphatic heterocycles. The highest BCUT2D eigenvalue weighted by atomic mass is 16.6. The van der Waals surface area contributed by atoms with E-state index in [1.165, 1.54) is 5.56 Å². The third kappa shape index (κ3) is 2.56. The summed E-state index contributed by atoms with van der Waals surface area (Å²) in [6.07, 6.45) is 4.54. The predicted octanol–water partition coefficient (Wildman–Crippen LogP) is 2.59. The molecule has 6 rings (SSSR count). The summed E-state index contributed by atoms with van der Waals surface area (Å²) in [6, 6.07) is 11.7. The molecule has 0 aromatic heterocycles. The first-order chi connectivity index (χ1) is 15.1. The van der Waals surface area contributed by atoms with Crippen LogP contribution in [-0.4, -0.2) is 36.8 Å². The number of carbonyl (C=O) groups excluding carboxylic acids is 2. The maximum Gasteiger partial charge on any atom is 0.261 e. The van der Waals surface area contributed by atoms with Gasteiger partial charge in [-0.05, 0) is 25.0 Å². The van der Waals surface area contributed by atoms with Gasteiger partial charge < -0.3 is 14.4 Å². The van der Waals surface area contributed by atoms with Crippen molar-refractivity contribution in [3.05, 3.63) is 71.1 Å². The minimum atomic E-state index is -0.462. The largest absolute Gasteiger partial charge is 0.486 e. The molecule has 0 bridgehead atoms. The summed E-state index contributed by atoms with van der Waals surface area (Å²) in [6.45, 7) is 2.98. The number of imide groups is 1. The molecule has 4 aliphatic rings. The molecule has 0 fully saturated rings. The van der Waals surface area contributed by atoms with Crippen molar-refractivity contribution in [3.8, 4) is 11.5 Å². The summed E-state index contributed by atoms with van der Waals surface area (Å²) >= 11 is 0. The lowest BCUT2D eigenvalue weighted by molar-refractivity contribution is -0.123. The number of hydrogen-bond acceptors (Lipinski definition) is 6. The fourth-order valence-electron chi connectivity index (χ4n) is 4.77. The molecule has 4 heterocycles. The van der Waals surface area contributed by atoms with Crippen LogP contribution in [0.5, 0.6) is 11.5 Å². The Labute approximate surface area is 178 Å². The van der Waals surface area contributed by atoms with E-state index in [1.807, 2.05) is 18.3 Å². The molecule has 1 unspecified atom stereocenters. The van der Waals surface area contributed by atoms with Gasteiger partial charge in [0.15, 0.2) is 11.5 Å². The second-order valence-corrected chi connectivity index (χ2v) is 7.91. The highest BCUT2D eigenvalue weighted by Gasteiger charge is 2.39. The fourth-order valence-corrected chi connectivity index (χ4v) is 4.77. The molecule has 2 amide bonds. The number of hydrogen-bond donors (Lipinski definition) is 1. The van der Waals surface area contributed by atoms with E-state index in [4.69, 9.17) is 9.47 Å². The lowest BCUT2D eigenvalue weighted by Crippen LogP contribution is -2.26. The maximum atomic E-state index is 13.0. The van der Waals surface area contributed by atoms with Gasteiger partial charge in [0, 0.05) is 29.6 Å². The zero-order valence-electron chi connectivity index (χ0n) is 16.8. The molecule has 0 saturated carbocycles. The topological polar surface area (TPSA) is 80.2 Å². The zero-order chi connectivity index (χ0) is 21.1. The fraction of sp³-hybridized carbons (Fsp3) is 0.208. The van der Waals surface area contributed by atoms with Gasteiger partial charge in [-0.1, -0.05) is 30.3 Å². The van der Waals surface area contributed by atoms with E-state index in [0.29, 0.717) is 42.0 Å². The number of benzene rings is 2. The molecule has 154 valence electrons. The van der Waals surface area contributed by atoms with Crippen LogP contribution < -0.4 is 19.7 Å². The van der Waals surface area contributed by atoms with Crippen molar-refractivity contribution < 1.29 is 19.1 Å². The Hall–Kier alpha value is -3.87. The van der Waals surface area contributed by atoms with E-state index >= 15 is 0 Å². The van der Waals surface area contributed by atoms with E-state index < -0.39 is 11.8 Å². The van der Waals surface area contributed by atoms with E-state index in [-0.39, 0.29) is 11.1 Å².